The molecule has 0 radical (unpaired) electrons. The van der Waals surface area contributed by atoms with Gasteiger partial charge in [0.05, 0.1) is 24.4 Å². The Morgan fingerprint density at radius 1 is 1.11 bits per heavy atom. The third-order valence-corrected chi connectivity index (χ3v) is 4.99. The maximum atomic E-state index is 13.2. The minimum atomic E-state index is -1.47. The Kier molecular flexibility index (Phi) is 5.56. The van der Waals surface area contributed by atoms with Crippen molar-refractivity contribution < 1.29 is 23.9 Å². The zero-order chi connectivity index (χ0) is 20.5. The fourth-order valence-electron chi connectivity index (χ4n) is 4.00. The molecule has 2 unspecified atom stereocenters. The molecule has 2 aliphatic heterocycles. The molecular weight excluding hydrogens is 360 g/mol. The SMILES string of the molecule is CCOC(=O)C1=C(C(=O)OCC)C2(NC1CC(C)C)C(=O)Nc1ccccc12. The topological polar surface area (TPSA) is 93.7 Å². The number of fused-ring (bicyclic) bond motifs is 2. The van der Waals surface area contributed by atoms with Gasteiger partial charge < -0.3 is 14.8 Å². The van der Waals surface area contributed by atoms with Crippen molar-refractivity contribution in [2.24, 2.45) is 5.92 Å². The van der Waals surface area contributed by atoms with Crippen LogP contribution in [-0.4, -0.2) is 37.1 Å². The van der Waals surface area contributed by atoms with E-state index in [-0.39, 0.29) is 30.3 Å². The standard InChI is InChI=1S/C21H26N2O5/c1-5-27-18(24)16-15(11-12(3)4)23-21(17(16)19(25)28-6-2)13-9-7-8-10-14(13)22-20(21)26/h7-10,12,15,23H,5-6,11H2,1-4H3,(H,22,26). The molecule has 0 saturated heterocycles. The largest absolute Gasteiger partial charge is 0.463 e. The maximum Gasteiger partial charge on any atom is 0.337 e. The fraction of sp³-hybridized carbons (Fsp3) is 0.476. The molecule has 2 N–H and O–H groups in total. The first-order valence-corrected chi connectivity index (χ1v) is 9.64. The van der Waals surface area contributed by atoms with E-state index in [0.29, 0.717) is 17.7 Å². The van der Waals surface area contributed by atoms with Gasteiger partial charge >= 0.3 is 11.9 Å². The minimum Gasteiger partial charge on any atom is -0.463 e. The number of amides is 1. The lowest BCUT2D eigenvalue weighted by atomic mass is 9.83. The lowest BCUT2D eigenvalue weighted by Crippen LogP contribution is -2.50. The van der Waals surface area contributed by atoms with Gasteiger partial charge in [-0.25, -0.2) is 9.59 Å². The molecule has 150 valence electrons. The highest BCUT2D eigenvalue weighted by atomic mass is 16.5. The zero-order valence-electron chi connectivity index (χ0n) is 16.6. The van der Waals surface area contributed by atoms with E-state index in [0.717, 1.165) is 0 Å². The van der Waals surface area contributed by atoms with E-state index in [1.165, 1.54) is 0 Å². The highest BCUT2D eigenvalue weighted by molar-refractivity contribution is 6.17. The first-order chi connectivity index (χ1) is 13.4. The van der Waals surface area contributed by atoms with Gasteiger partial charge in [-0.05, 0) is 32.3 Å². The second-order valence-corrected chi connectivity index (χ2v) is 7.31. The molecule has 3 rings (SSSR count). The Labute approximate surface area is 164 Å². The smallest absolute Gasteiger partial charge is 0.337 e. The average molecular weight is 386 g/mol. The summed E-state index contributed by atoms with van der Waals surface area (Å²) < 4.78 is 10.5. The zero-order valence-corrected chi connectivity index (χ0v) is 16.6. The molecule has 7 nitrogen and oxygen atoms in total. The van der Waals surface area contributed by atoms with Crippen LogP contribution in [0.3, 0.4) is 0 Å². The highest BCUT2D eigenvalue weighted by Gasteiger charge is 2.60. The van der Waals surface area contributed by atoms with Crippen molar-refractivity contribution in [3.05, 3.63) is 41.0 Å². The van der Waals surface area contributed by atoms with E-state index in [1.807, 2.05) is 13.8 Å². The minimum absolute atomic E-state index is 0.0286. The van der Waals surface area contributed by atoms with Crippen LogP contribution in [0.2, 0.25) is 0 Å². The van der Waals surface area contributed by atoms with Gasteiger partial charge in [-0.1, -0.05) is 32.0 Å². The van der Waals surface area contributed by atoms with Gasteiger partial charge in [0.2, 0.25) is 0 Å². The van der Waals surface area contributed by atoms with Gasteiger partial charge in [-0.15, -0.1) is 0 Å². The van der Waals surface area contributed by atoms with Gasteiger partial charge in [-0.3, -0.25) is 10.1 Å². The molecule has 2 aliphatic rings. The van der Waals surface area contributed by atoms with Crippen LogP contribution in [0.5, 0.6) is 0 Å². The number of hydrogen-bond acceptors (Lipinski definition) is 6. The first-order valence-electron chi connectivity index (χ1n) is 9.64. The van der Waals surface area contributed by atoms with Crippen molar-refractivity contribution in [1.29, 1.82) is 0 Å². The molecule has 1 spiro atoms. The van der Waals surface area contributed by atoms with Gasteiger partial charge in [0.1, 0.15) is 0 Å². The molecule has 1 amide bonds. The molecule has 0 aromatic heterocycles. The summed E-state index contributed by atoms with van der Waals surface area (Å²) in [4.78, 5) is 39.0. The quantitative estimate of drug-likeness (QED) is 0.729. The number of esters is 2. The lowest BCUT2D eigenvalue weighted by molar-refractivity contribution is -0.142. The Balaban J connectivity index is 2.26. The predicted octanol–water partition coefficient (Wildman–Crippen LogP) is 2.27. The van der Waals surface area contributed by atoms with Crippen molar-refractivity contribution in [1.82, 2.24) is 5.32 Å². The summed E-state index contributed by atoms with van der Waals surface area (Å²) in [5, 5.41) is 6.12. The number of nitrogens with one attached hydrogen (secondary N) is 2. The lowest BCUT2D eigenvalue weighted by Gasteiger charge is -2.27. The third-order valence-electron chi connectivity index (χ3n) is 4.99. The molecule has 0 aliphatic carbocycles. The Hall–Kier alpha value is -2.67. The number of anilines is 1. The number of benzene rings is 1. The summed E-state index contributed by atoms with van der Waals surface area (Å²) in [6.45, 7) is 7.72. The Morgan fingerprint density at radius 3 is 2.39 bits per heavy atom. The number of para-hydroxylation sites is 1. The number of ether oxygens (including phenoxy) is 2. The summed E-state index contributed by atoms with van der Waals surface area (Å²) in [6.07, 6.45) is 0.564. The van der Waals surface area contributed by atoms with E-state index >= 15 is 0 Å². The molecule has 2 atom stereocenters. The molecule has 2 heterocycles. The average Bonchev–Trinajstić information content (AvgIpc) is 3.11. The van der Waals surface area contributed by atoms with Crippen LogP contribution in [-0.2, 0) is 29.4 Å². The number of rotatable bonds is 6. The molecular formula is C21H26N2O5. The van der Waals surface area contributed by atoms with Gasteiger partial charge in [-0.2, -0.15) is 0 Å². The normalized spacial score (nSPS) is 23.2. The molecule has 7 heteroatoms. The van der Waals surface area contributed by atoms with Crippen LogP contribution in [0.1, 0.15) is 39.7 Å². The Morgan fingerprint density at radius 2 is 1.75 bits per heavy atom. The molecule has 0 fully saturated rings. The fourth-order valence-corrected chi connectivity index (χ4v) is 4.00. The second-order valence-electron chi connectivity index (χ2n) is 7.31. The van der Waals surface area contributed by atoms with Crippen LogP contribution < -0.4 is 10.6 Å². The van der Waals surface area contributed by atoms with E-state index in [4.69, 9.17) is 9.47 Å². The third kappa shape index (κ3) is 3.09. The molecule has 1 aromatic rings. The van der Waals surface area contributed by atoms with E-state index < -0.39 is 29.4 Å². The Bertz CT molecular complexity index is 845. The van der Waals surface area contributed by atoms with E-state index in [2.05, 4.69) is 10.6 Å². The summed E-state index contributed by atoms with van der Waals surface area (Å²) >= 11 is 0. The van der Waals surface area contributed by atoms with Gasteiger partial charge in [0.25, 0.3) is 5.91 Å². The summed E-state index contributed by atoms with van der Waals surface area (Å²) in [5.41, 5.74) is -0.0436. The molecule has 1 aromatic carbocycles. The number of carbonyl (C=O) groups excluding carboxylic acids is 3. The van der Waals surface area contributed by atoms with Gasteiger partial charge in [0.15, 0.2) is 5.54 Å². The van der Waals surface area contributed by atoms with Gasteiger partial charge in [0, 0.05) is 17.3 Å². The molecule has 0 bridgehead atoms. The van der Waals surface area contributed by atoms with Crippen LogP contribution >= 0.6 is 0 Å². The van der Waals surface area contributed by atoms with Crippen molar-refractivity contribution in [3.63, 3.8) is 0 Å². The van der Waals surface area contributed by atoms with Crippen LogP contribution in [0.25, 0.3) is 0 Å². The molecule has 28 heavy (non-hydrogen) atoms. The van der Waals surface area contributed by atoms with Crippen LogP contribution in [0.4, 0.5) is 5.69 Å². The summed E-state index contributed by atoms with van der Waals surface area (Å²) in [5.74, 6) is -1.46. The van der Waals surface area contributed by atoms with Crippen molar-refractivity contribution >= 4 is 23.5 Å². The van der Waals surface area contributed by atoms with E-state index in [9.17, 15) is 14.4 Å². The van der Waals surface area contributed by atoms with Crippen molar-refractivity contribution in [2.45, 2.75) is 45.7 Å². The van der Waals surface area contributed by atoms with Crippen molar-refractivity contribution in [3.8, 4) is 0 Å². The number of carbonyl (C=O) groups is 3. The number of hydrogen-bond donors (Lipinski definition) is 2. The van der Waals surface area contributed by atoms with Crippen LogP contribution in [0, 0.1) is 5.92 Å². The first kappa shape index (κ1) is 20.1. The maximum absolute atomic E-state index is 13.2. The summed E-state index contributed by atoms with van der Waals surface area (Å²) in [6, 6.07) is 6.64. The summed E-state index contributed by atoms with van der Waals surface area (Å²) in [7, 11) is 0. The van der Waals surface area contributed by atoms with Crippen molar-refractivity contribution in [2.75, 3.05) is 18.5 Å². The van der Waals surface area contributed by atoms with Crippen LogP contribution in [0.15, 0.2) is 35.4 Å². The molecule has 0 saturated carbocycles. The highest BCUT2D eigenvalue weighted by Crippen LogP contribution is 2.48. The predicted molar refractivity (Wildman–Crippen MR) is 103 cm³/mol. The monoisotopic (exact) mass is 386 g/mol. The second kappa shape index (κ2) is 7.75. The van der Waals surface area contributed by atoms with E-state index in [1.54, 1.807) is 38.1 Å².